The van der Waals surface area contributed by atoms with Crippen LogP contribution in [0.5, 0.6) is 5.75 Å². The maximum absolute atomic E-state index is 12.2. The van der Waals surface area contributed by atoms with Crippen molar-refractivity contribution in [3.05, 3.63) is 29.8 Å². The van der Waals surface area contributed by atoms with Crippen LogP contribution in [-0.2, 0) is 15.5 Å². The van der Waals surface area contributed by atoms with E-state index >= 15 is 0 Å². The van der Waals surface area contributed by atoms with E-state index in [4.69, 9.17) is 5.73 Å². The zero-order valence-electron chi connectivity index (χ0n) is 12.9. The Balaban J connectivity index is 2.97. The van der Waals surface area contributed by atoms with Crippen LogP contribution in [0.2, 0.25) is 0 Å². The first-order chi connectivity index (χ1) is 9.64. The summed E-state index contributed by atoms with van der Waals surface area (Å²) >= 11 is 0. The summed E-state index contributed by atoms with van der Waals surface area (Å²) in [5, 5.41) is 0. The summed E-state index contributed by atoms with van der Waals surface area (Å²) < 4.78 is 62.7. The van der Waals surface area contributed by atoms with E-state index in [0.717, 1.165) is 5.56 Å². The summed E-state index contributed by atoms with van der Waals surface area (Å²) in [6, 6.07) is 5.47. The van der Waals surface area contributed by atoms with Gasteiger partial charge in [0.1, 0.15) is 5.75 Å². The predicted octanol–water partition coefficient (Wildman–Crippen LogP) is 3.32. The normalized spacial score (nSPS) is 14.0. The standard InChI is InChI=1S/C14H20F3NO3S/c1-12(2,9-13(3,4)18)10-5-7-11(8-6-10)21-22(19,20)14(15,16)17/h5-8H,9,18H2,1-4H3. The van der Waals surface area contributed by atoms with E-state index < -0.39 is 21.2 Å². The first-order valence-corrected chi connectivity index (χ1v) is 7.95. The fraction of sp³-hybridized carbons (Fsp3) is 0.571. The van der Waals surface area contributed by atoms with Crippen LogP contribution < -0.4 is 9.92 Å². The molecule has 0 bridgehead atoms. The molecule has 1 rings (SSSR count). The number of hydrogen-bond acceptors (Lipinski definition) is 4. The highest BCUT2D eigenvalue weighted by Crippen LogP contribution is 2.33. The summed E-state index contributed by atoms with van der Waals surface area (Å²) in [5.74, 6) is -0.385. The summed E-state index contributed by atoms with van der Waals surface area (Å²) in [4.78, 5) is 0. The molecular formula is C14H20F3NO3S. The summed E-state index contributed by atoms with van der Waals surface area (Å²) in [7, 11) is -5.65. The molecule has 2 N–H and O–H groups in total. The molecular weight excluding hydrogens is 319 g/mol. The Bertz CT molecular complexity index is 614. The molecule has 0 amide bonds. The van der Waals surface area contributed by atoms with E-state index in [1.165, 1.54) is 24.3 Å². The van der Waals surface area contributed by atoms with E-state index in [-0.39, 0.29) is 11.2 Å². The van der Waals surface area contributed by atoms with Crippen molar-refractivity contribution in [2.24, 2.45) is 5.73 Å². The van der Waals surface area contributed by atoms with Gasteiger partial charge in [0.05, 0.1) is 0 Å². The van der Waals surface area contributed by atoms with E-state index in [0.29, 0.717) is 6.42 Å². The van der Waals surface area contributed by atoms with Crippen LogP contribution in [0.15, 0.2) is 24.3 Å². The van der Waals surface area contributed by atoms with Crippen LogP contribution in [0.3, 0.4) is 0 Å². The molecule has 0 aliphatic rings. The van der Waals surface area contributed by atoms with Crippen molar-refractivity contribution in [1.82, 2.24) is 0 Å². The van der Waals surface area contributed by atoms with Crippen molar-refractivity contribution >= 4 is 10.1 Å². The zero-order chi connectivity index (χ0) is 17.4. The predicted molar refractivity (Wildman–Crippen MR) is 78.0 cm³/mol. The smallest absolute Gasteiger partial charge is 0.376 e. The lowest BCUT2D eigenvalue weighted by Gasteiger charge is -2.32. The zero-order valence-corrected chi connectivity index (χ0v) is 13.7. The Hall–Kier alpha value is -1.28. The van der Waals surface area contributed by atoms with Gasteiger partial charge < -0.3 is 9.92 Å². The van der Waals surface area contributed by atoms with Crippen LogP contribution in [0.25, 0.3) is 0 Å². The van der Waals surface area contributed by atoms with Gasteiger partial charge >= 0.3 is 15.6 Å². The molecule has 8 heteroatoms. The number of halogens is 3. The van der Waals surface area contributed by atoms with E-state index in [2.05, 4.69) is 4.18 Å². The molecule has 1 aromatic rings. The average molecular weight is 339 g/mol. The number of hydrogen-bond donors (Lipinski definition) is 1. The quantitative estimate of drug-likeness (QED) is 0.660. The molecule has 0 aromatic heterocycles. The Morgan fingerprint density at radius 2 is 1.50 bits per heavy atom. The van der Waals surface area contributed by atoms with E-state index in [9.17, 15) is 21.6 Å². The monoisotopic (exact) mass is 339 g/mol. The maximum atomic E-state index is 12.2. The Morgan fingerprint density at radius 3 is 1.86 bits per heavy atom. The Labute approximate surface area is 128 Å². The van der Waals surface area contributed by atoms with Crippen molar-refractivity contribution < 1.29 is 25.8 Å². The molecule has 126 valence electrons. The van der Waals surface area contributed by atoms with Crippen molar-refractivity contribution in [2.75, 3.05) is 0 Å². The minimum Gasteiger partial charge on any atom is -0.376 e. The van der Waals surface area contributed by atoms with Gasteiger partial charge in [0.25, 0.3) is 0 Å². The second-order valence-corrected chi connectivity index (χ2v) is 8.09. The Morgan fingerprint density at radius 1 is 1.05 bits per heavy atom. The third kappa shape index (κ3) is 4.88. The molecule has 0 heterocycles. The molecule has 0 radical (unpaired) electrons. The highest BCUT2D eigenvalue weighted by Gasteiger charge is 2.48. The van der Waals surface area contributed by atoms with Crippen molar-refractivity contribution in [1.29, 1.82) is 0 Å². The molecule has 0 fully saturated rings. The number of alkyl halides is 3. The second kappa shape index (κ2) is 5.73. The van der Waals surface area contributed by atoms with Gasteiger partial charge in [-0.05, 0) is 43.4 Å². The number of rotatable bonds is 5. The van der Waals surface area contributed by atoms with Gasteiger partial charge in [0.15, 0.2) is 0 Å². The third-order valence-electron chi connectivity index (χ3n) is 3.02. The Kier molecular flexibility index (Phi) is 4.89. The van der Waals surface area contributed by atoms with E-state index in [1.54, 1.807) is 0 Å². The fourth-order valence-electron chi connectivity index (χ4n) is 2.38. The third-order valence-corrected chi connectivity index (χ3v) is 4.00. The highest BCUT2D eigenvalue weighted by atomic mass is 32.2. The number of benzene rings is 1. The molecule has 0 aliphatic heterocycles. The topological polar surface area (TPSA) is 69.4 Å². The largest absolute Gasteiger partial charge is 0.534 e. The van der Waals surface area contributed by atoms with Gasteiger partial charge in [-0.15, -0.1) is 0 Å². The van der Waals surface area contributed by atoms with Crippen LogP contribution in [-0.4, -0.2) is 19.5 Å². The highest BCUT2D eigenvalue weighted by molar-refractivity contribution is 7.87. The molecule has 4 nitrogen and oxygen atoms in total. The van der Waals surface area contributed by atoms with Crippen LogP contribution >= 0.6 is 0 Å². The summed E-state index contributed by atoms with van der Waals surface area (Å²) in [6.45, 7) is 7.65. The molecule has 0 saturated carbocycles. The van der Waals surface area contributed by atoms with Crippen LogP contribution in [0.1, 0.15) is 39.7 Å². The van der Waals surface area contributed by atoms with Gasteiger partial charge in [-0.25, -0.2) is 0 Å². The lowest BCUT2D eigenvalue weighted by atomic mass is 9.75. The second-order valence-electron chi connectivity index (χ2n) is 6.56. The minimum atomic E-state index is -5.65. The SMILES string of the molecule is CC(C)(N)CC(C)(C)c1ccc(OS(=O)(=O)C(F)(F)F)cc1. The fourth-order valence-corrected chi connectivity index (χ4v) is 2.84. The maximum Gasteiger partial charge on any atom is 0.534 e. The molecule has 0 saturated heterocycles. The van der Waals surface area contributed by atoms with Gasteiger partial charge in [-0.3, -0.25) is 0 Å². The van der Waals surface area contributed by atoms with Gasteiger partial charge in [0.2, 0.25) is 0 Å². The molecule has 0 unspecified atom stereocenters. The first kappa shape index (κ1) is 18.8. The number of nitrogens with two attached hydrogens (primary N) is 1. The molecule has 1 aromatic carbocycles. The van der Waals surface area contributed by atoms with Gasteiger partial charge in [-0.1, -0.05) is 26.0 Å². The van der Waals surface area contributed by atoms with Crippen LogP contribution in [0, 0.1) is 0 Å². The molecule has 22 heavy (non-hydrogen) atoms. The molecule has 0 atom stereocenters. The van der Waals surface area contributed by atoms with Gasteiger partial charge in [-0.2, -0.15) is 21.6 Å². The van der Waals surface area contributed by atoms with Crippen molar-refractivity contribution in [3.8, 4) is 5.75 Å². The minimum absolute atomic E-state index is 0.320. The van der Waals surface area contributed by atoms with Crippen molar-refractivity contribution in [2.45, 2.75) is 50.6 Å². The summed E-state index contributed by atoms with van der Waals surface area (Å²) in [5.41, 5.74) is 0.625. The lowest BCUT2D eigenvalue weighted by molar-refractivity contribution is -0.0500. The van der Waals surface area contributed by atoms with Gasteiger partial charge in [0, 0.05) is 5.54 Å². The first-order valence-electron chi connectivity index (χ1n) is 6.54. The average Bonchev–Trinajstić information content (AvgIpc) is 2.24. The molecule has 0 aliphatic carbocycles. The van der Waals surface area contributed by atoms with E-state index in [1.807, 2.05) is 27.7 Å². The van der Waals surface area contributed by atoms with Crippen LogP contribution in [0.4, 0.5) is 13.2 Å². The molecule has 0 spiro atoms. The lowest BCUT2D eigenvalue weighted by Crippen LogP contribution is -2.39. The summed E-state index contributed by atoms with van der Waals surface area (Å²) in [6.07, 6.45) is 0.640. The van der Waals surface area contributed by atoms with Crippen molar-refractivity contribution in [3.63, 3.8) is 0 Å².